The van der Waals surface area contributed by atoms with Gasteiger partial charge in [0.2, 0.25) is 11.9 Å². The molecule has 0 bridgehead atoms. The standard InChI is InChI=1S/C29H35ClN8O7.C4H4O4/c1-36(28-31-12-7-13-32-28)27(40)22-18-34-29(35-26(22)33-17-20-10-11-24(43-2)23(30)16-20)37-14-6-8-21(37)19-44-25(39)9-4-3-5-15-45-38(41)42;5-3(6)1-2-4(7)8/h7,10-13,16,18,21H,3-6,8-9,14-15,17,19H2,1-2H3,(H,33,34,35);1-2H,(H,5,6)(H,7,8)/b;2-1-. The van der Waals surface area contributed by atoms with E-state index in [1.807, 2.05) is 11.0 Å². The number of anilines is 3. The first-order chi connectivity index (χ1) is 25.4. The Labute approximate surface area is 308 Å². The maximum absolute atomic E-state index is 13.5. The van der Waals surface area contributed by atoms with Gasteiger partial charge in [0.1, 0.15) is 23.7 Å². The Kier molecular flexibility index (Phi) is 16.6. The van der Waals surface area contributed by atoms with Crippen molar-refractivity contribution in [2.45, 2.75) is 51.1 Å². The van der Waals surface area contributed by atoms with Gasteiger partial charge < -0.3 is 34.7 Å². The topological polar surface area (TPSA) is 250 Å². The third-order valence-electron chi connectivity index (χ3n) is 7.50. The van der Waals surface area contributed by atoms with Crippen molar-refractivity contribution in [3.63, 3.8) is 0 Å². The Morgan fingerprint density at radius 2 is 1.83 bits per heavy atom. The number of hydrogen-bond acceptors (Lipinski definition) is 15. The fraction of sp³-hybridized carbons (Fsp3) is 0.394. The number of ether oxygens (including phenoxy) is 2. The highest BCUT2D eigenvalue weighted by Gasteiger charge is 2.30. The molecule has 19 nitrogen and oxygen atoms in total. The number of halogens is 1. The summed E-state index contributed by atoms with van der Waals surface area (Å²) in [4.78, 5) is 80.4. The zero-order chi connectivity index (χ0) is 38.8. The third-order valence-corrected chi connectivity index (χ3v) is 7.80. The second-order valence-electron chi connectivity index (χ2n) is 11.2. The summed E-state index contributed by atoms with van der Waals surface area (Å²) in [7, 11) is 3.11. The van der Waals surface area contributed by atoms with E-state index < -0.39 is 22.9 Å². The zero-order valence-electron chi connectivity index (χ0n) is 28.9. The summed E-state index contributed by atoms with van der Waals surface area (Å²) >= 11 is 6.32. The fourth-order valence-corrected chi connectivity index (χ4v) is 5.19. The molecule has 0 aliphatic carbocycles. The molecule has 1 aromatic carbocycles. The van der Waals surface area contributed by atoms with Gasteiger partial charge >= 0.3 is 17.9 Å². The summed E-state index contributed by atoms with van der Waals surface area (Å²) in [6.07, 6.45) is 9.16. The average Bonchev–Trinajstić information content (AvgIpc) is 3.62. The van der Waals surface area contributed by atoms with Crippen molar-refractivity contribution >= 4 is 53.1 Å². The van der Waals surface area contributed by atoms with Crippen LogP contribution in [-0.4, -0.2) is 99.0 Å². The van der Waals surface area contributed by atoms with Crippen LogP contribution in [0.5, 0.6) is 5.75 Å². The van der Waals surface area contributed by atoms with Gasteiger partial charge in [0.25, 0.3) is 11.0 Å². The molecule has 1 unspecified atom stereocenters. The minimum atomic E-state index is -1.26. The molecule has 0 radical (unpaired) electrons. The van der Waals surface area contributed by atoms with Crippen LogP contribution in [0.25, 0.3) is 0 Å². The summed E-state index contributed by atoms with van der Waals surface area (Å²) in [6, 6.07) is 6.91. The summed E-state index contributed by atoms with van der Waals surface area (Å²) in [6.45, 7) is 1.13. The molecule has 53 heavy (non-hydrogen) atoms. The number of carbonyl (C=O) groups excluding carboxylic acids is 2. The van der Waals surface area contributed by atoms with Crippen LogP contribution in [-0.2, 0) is 30.5 Å². The molecule has 1 fully saturated rings. The largest absolute Gasteiger partial charge is 0.495 e. The summed E-state index contributed by atoms with van der Waals surface area (Å²) in [5, 5.41) is 28.7. The predicted molar refractivity (Wildman–Crippen MR) is 189 cm³/mol. The molecule has 1 saturated heterocycles. The number of unbranched alkanes of at least 4 members (excludes halogenated alkanes) is 2. The molecular weight excluding hydrogens is 720 g/mol. The summed E-state index contributed by atoms with van der Waals surface area (Å²) in [5.41, 5.74) is 1.06. The van der Waals surface area contributed by atoms with Crippen molar-refractivity contribution in [3.05, 3.63) is 81.3 Å². The number of esters is 1. The molecule has 3 heterocycles. The van der Waals surface area contributed by atoms with Crippen LogP contribution in [0.4, 0.5) is 17.7 Å². The highest BCUT2D eigenvalue weighted by Crippen LogP contribution is 2.28. The van der Waals surface area contributed by atoms with E-state index in [2.05, 4.69) is 25.1 Å². The van der Waals surface area contributed by atoms with Crippen molar-refractivity contribution in [1.29, 1.82) is 0 Å². The van der Waals surface area contributed by atoms with Crippen molar-refractivity contribution in [2.75, 3.05) is 49.0 Å². The van der Waals surface area contributed by atoms with E-state index in [4.69, 9.17) is 36.3 Å². The lowest BCUT2D eigenvalue weighted by Gasteiger charge is -2.25. The van der Waals surface area contributed by atoms with Gasteiger partial charge in [-0.3, -0.25) is 14.5 Å². The molecular formula is C33H39ClN8O11. The quantitative estimate of drug-likeness (QED) is 0.0548. The molecule has 0 spiro atoms. The molecule has 20 heteroatoms. The molecule has 1 atom stereocenters. The molecule has 3 N–H and O–H groups in total. The highest BCUT2D eigenvalue weighted by atomic mass is 35.5. The zero-order valence-corrected chi connectivity index (χ0v) is 29.7. The Bertz CT molecular complexity index is 1730. The fourth-order valence-electron chi connectivity index (χ4n) is 4.91. The van der Waals surface area contributed by atoms with Crippen LogP contribution < -0.4 is 19.9 Å². The molecule has 3 aromatic rings. The third kappa shape index (κ3) is 13.9. The number of hydrogen-bond donors (Lipinski definition) is 3. The highest BCUT2D eigenvalue weighted by molar-refractivity contribution is 6.32. The van der Waals surface area contributed by atoms with Crippen LogP contribution in [0.2, 0.25) is 5.02 Å². The van der Waals surface area contributed by atoms with Gasteiger partial charge in [0.15, 0.2) is 0 Å². The van der Waals surface area contributed by atoms with Crippen molar-refractivity contribution in [1.82, 2.24) is 19.9 Å². The Hall–Kier alpha value is -6.11. The van der Waals surface area contributed by atoms with Gasteiger partial charge in [-0.25, -0.2) is 24.5 Å². The Morgan fingerprint density at radius 1 is 1.11 bits per heavy atom. The maximum atomic E-state index is 13.5. The number of amides is 1. The molecule has 0 saturated carbocycles. The molecule has 1 aliphatic rings. The summed E-state index contributed by atoms with van der Waals surface area (Å²) < 4.78 is 10.8. The van der Waals surface area contributed by atoms with E-state index in [9.17, 15) is 29.3 Å². The van der Waals surface area contributed by atoms with E-state index in [1.54, 1.807) is 44.8 Å². The number of carboxylic acids is 2. The number of nitrogens with zero attached hydrogens (tertiary/aromatic N) is 7. The van der Waals surface area contributed by atoms with E-state index in [1.165, 1.54) is 11.1 Å². The number of methoxy groups -OCH3 is 1. The SMILES string of the molecule is COc1ccc(CNc2nc(N3CCCC3COC(=O)CCCCCO[N+](=O)[O-])ncc2C(=O)N(C)c2ncccn2)cc1Cl.O=C(O)/C=C\C(=O)O. The van der Waals surface area contributed by atoms with Gasteiger partial charge in [-0.1, -0.05) is 24.1 Å². The number of carbonyl (C=O) groups is 4. The molecule has 2 aromatic heterocycles. The van der Waals surface area contributed by atoms with E-state index in [-0.39, 0.29) is 43.2 Å². The lowest BCUT2D eigenvalue weighted by Crippen LogP contribution is -2.36. The lowest BCUT2D eigenvalue weighted by molar-refractivity contribution is -0.757. The van der Waals surface area contributed by atoms with Crippen LogP contribution in [0.1, 0.15) is 54.4 Å². The Morgan fingerprint density at radius 3 is 2.47 bits per heavy atom. The van der Waals surface area contributed by atoms with Crippen LogP contribution >= 0.6 is 11.6 Å². The number of aliphatic carboxylic acids is 2. The van der Waals surface area contributed by atoms with E-state index in [0.717, 1.165) is 18.4 Å². The maximum Gasteiger partial charge on any atom is 0.328 e. The van der Waals surface area contributed by atoms with Gasteiger partial charge in [-0.2, -0.15) is 4.98 Å². The van der Waals surface area contributed by atoms with Crippen molar-refractivity contribution in [2.24, 2.45) is 0 Å². The van der Waals surface area contributed by atoms with Crippen LogP contribution in [0.3, 0.4) is 0 Å². The first-order valence-corrected chi connectivity index (χ1v) is 16.6. The second-order valence-corrected chi connectivity index (χ2v) is 11.6. The number of nitrogens with one attached hydrogen (secondary N) is 1. The van der Waals surface area contributed by atoms with E-state index in [0.29, 0.717) is 67.0 Å². The molecule has 4 rings (SSSR count). The van der Waals surface area contributed by atoms with Gasteiger partial charge in [-0.15, -0.1) is 10.1 Å². The Balaban J connectivity index is 0.000000846. The number of benzene rings is 1. The van der Waals surface area contributed by atoms with Crippen LogP contribution in [0, 0.1) is 10.1 Å². The number of aromatic nitrogens is 4. The lowest BCUT2D eigenvalue weighted by atomic mass is 10.2. The van der Waals surface area contributed by atoms with Gasteiger partial charge in [0.05, 0.1) is 24.8 Å². The van der Waals surface area contributed by atoms with Crippen LogP contribution in [0.15, 0.2) is 55.0 Å². The molecule has 1 aliphatic heterocycles. The van der Waals surface area contributed by atoms with E-state index >= 15 is 0 Å². The van der Waals surface area contributed by atoms with Crippen molar-refractivity contribution in [3.8, 4) is 5.75 Å². The van der Waals surface area contributed by atoms with Crippen molar-refractivity contribution < 1.29 is 48.8 Å². The smallest absolute Gasteiger partial charge is 0.328 e. The number of rotatable bonds is 18. The minimum Gasteiger partial charge on any atom is -0.495 e. The molecule has 1 amide bonds. The predicted octanol–water partition coefficient (Wildman–Crippen LogP) is 3.81. The summed E-state index contributed by atoms with van der Waals surface area (Å²) in [5.74, 6) is -1.78. The molecule has 284 valence electrons. The van der Waals surface area contributed by atoms with Gasteiger partial charge in [-0.05, 0) is 49.4 Å². The van der Waals surface area contributed by atoms with Gasteiger partial charge in [0, 0.05) is 57.3 Å². The number of carboxylic acid groups (broad SMARTS) is 2. The normalized spacial score (nSPS) is 13.4. The average molecular weight is 759 g/mol. The minimum absolute atomic E-state index is 0.00444. The second kappa shape index (κ2) is 21.3. The first kappa shape index (κ1) is 41.3. The monoisotopic (exact) mass is 758 g/mol. The first-order valence-electron chi connectivity index (χ1n) is 16.2.